The summed E-state index contributed by atoms with van der Waals surface area (Å²) in [5, 5.41) is 0.0259. The van der Waals surface area contributed by atoms with E-state index >= 15 is 0 Å². The van der Waals surface area contributed by atoms with E-state index in [0.29, 0.717) is 0 Å². The number of halogens is 4. The number of hydrogen-bond donors (Lipinski definition) is 0. The van der Waals surface area contributed by atoms with Crippen molar-refractivity contribution in [1.29, 1.82) is 0 Å². The van der Waals surface area contributed by atoms with Gasteiger partial charge < -0.3 is 4.90 Å². The summed E-state index contributed by atoms with van der Waals surface area (Å²) in [4.78, 5) is 2.36. The van der Waals surface area contributed by atoms with E-state index in [9.17, 15) is 4.39 Å². The molecular formula is C13H17Cl3FN. The molecule has 102 valence electrons. The summed E-state index contributed by atoms with van der Waals surface area (Å²) in [7, 11) is 0. The molecule has 0 aliphatic carbocycles. The fourth-order valence-electron chi connectivity index (χ4n) is 2.18. The Balaban J connectivity index is 0.00000162. The highest BCUT2D eigenvalue weighted by Crippen LogP contribution is 2.26. The van der Waals surface area contributed by atoms with Gasteiger partial charge in [-0.05, 0) is 43.6 Å². The molecule has 1 heterocycles. The quantitative estimate of drug-likeness (QED) is 0.733. The van der Waals surface area contributed by atoms with Crippen LogP contribution < -0.4 is 0 Å². The van der Waals surface area contributed by atoms with Crippen molar-refractivity contribution in [3.8, 4) is 0 Å². The van der Waals surface area contributed by atoms with Crippen LogP contribution in [0.3, 0.4) is 0 Å². The van der Waals surface area contributed by atoms with Crippen LogP contribution >= 0.6 is 35.6 Å². The molecule has 1 saturated heterocycles. The van der Waals surface area contributed by atoms with Gasteiger partial charge in [0.1, 0.15) is 5.82 Å². The summed E-state index contributed by atoms with van der Waals surface area (Å²) in [6.45, 7) is 3.03. The molecule has 1 atom stereocenters. The number of likely N-dealkylation sites (tertiary alicyclic amines) is 1. The predicted molar refractivity (Wildman–Crippen MR) is 77.5 cm³/mol. The van der Waals surface area contributed by atoms with Crippen molar-refractivity contribution >= 4 is 35.6 Å². The molecule has 0 amide bonds. The summed E-state index contributed by atoms with van der Waals surface area (Å²) < 4.78 is 13.0. The summed E-state index contributed by atoms with van der Waals surface area (Å²) in [5.41, 5.74) is 0.892. The SMILES string of the molecule is Cl.Fc1ccc(C(Cl)CN2CCCCC2)cc1Cl. The van der Waals surface area contributed by atoms with Crippen molar-refractivity contribution in [3.63, 3.8) is 0 Å². The molecule has 5 heteroatoms. The summed E-state index contributed by atoms with van der Waals surface area (Å²) in [6, 6.07) is 4.71. The molecule has 1 aliphatic rings. The van der Waals surface area contributed by atoms with E-state index in [4.69, 9.17) is 23.2 Å². The molecule has 1 unspecified atom stereocenters. The number of hydrogen-bond acceptors (Lipinski definition) is 1. The molecule has 0 aromatic heterocycles. The van der Waals surface area contributed by atoms with Crippen molar-refractivity contribution in [2.75, 3.05) is 19.6 Å². The lowest BCUT2D eigenvalue weighted by Gasteiger charge is -2.28. The van der Waals surface area contributed by atoms with Gasteiger partial charge in [0.2, 0.25) is 0 Å². The Morgan fingerprint density at radius 3 is 2.50 bits per heavy atom. The van der Waals surface area contributed by atoms with Gasteiger partial charge >= 0.3 is 0 Å². The van der Waals surface area contributed by atoms with E-state index in [2.05, 4.69) is 4.90 Å². The molecule has 0 spiro atoms. The Morgan fingerprint density at radius 1 is 1.22 bits per heavy atom. The van der Waals surface area contributed by atoms with E-state index in [1.54, 1.807) is 12.1 Å². The monoisotopic (exact) mass is 311 g/mol. The number of piperidine rings is 1. The number of benzene rings is 1. The molecule has 0 N–H and O–H groups in total. The second kappa shape index (κ2) is 7.54. The molecule has 1 aromatic carbocycles. The van der Waals surface area contributed by atoms with E-state index in [1.807, 2.05) is 0 Å². The van der Waals surface area contributed by atoms with Crippen molar-refractivity contribution < 1.29 is 4.39 Å². The smallest absolute Gasteiger partial charge is 0.141 e. The standard InChI is InChI=1S/C13H16Cl2FN.ClH/c14-11-8-10(4-5-13(11)16)12(15)9-17-6-2-1-3-7-17;/h4-5,8,12H,1-3,6-7,9H2;1H. The third-order valence-electron chi connectivity index (χ3n) is 3.17. The molecule has 1 fully saturated rings. The van der Waals surface area contributed by atoms with Crippen molar-refractivity contribution in [3.05, 3.63) is 34.6 Å². The van der Waals surface area contributed by atoms with Crippen LogP contribution in [-0.4, -0.2) is 24.5 Å². The zero-order chi connectivity index (χ0) is 12.3. The van der Waals surface area contributed by atoms with Crippen molar-refractivity contribution in [2.45, 2.75) is 24.6 Å². The molecule has 1 nitrogen and oxygen atoms in total. The molecule has 0 radical (unpaired) electrons. The first-order valence-electron chi connectivity index (χ1n) is 5.98. The summed E-state index contributed by atoms with van der Waals surface area (Å²) >= 11 is 12.1. The van der Waals surface area contributed by atoms with E-state index in [1.165, 1.54) is 25.3 Å². The van der Waals surface area contributed by atoms with Gasteiger partial charge in [-0.25, -0.2) is 4.39 Å². The van der Waals surface area contributed by atoms with Crippen LogP contribution in [0, 0.1) is 5.82 Å². The van der Waals surface area contributed by atoms with Gasteiger partial charge in [0, 0.05) is 6.54 Å². The van der Waals surface area contributed by atoms with Crippen LogP contribution in [0.4, 0.5) is 4.39 Å². The maximum Gasteiger partial charge on any atom is 0.141 e. The first-order chi connectivity index (χ1) is 8.16. The summed E-state index contributed by atoms with van der Waals surface area (Å²) in [5.74, 6) is -0.391. The number of alkyl halides is 1. The first-order valence-corrected chi connectivity index (χ1v) is 6.79. The van der Waals surface area contributed by atoms with Gasteiger partial charge in [0.25, 0.3) is 0 Å². The third kappa shape index (κ3) is 4.27. The molecule has 18 heavy (non-hydrogen) atoms. The van der Waals surface area contributed by atoms with Crippen molar-refractivity contribution in [2.24, 2.45) is 0 Å². The average molecular weight is 313 g/mol. The lowest BCUT2D eigenvalue weighted by Crippen LogP contribution is -2.32. The highest BCUT2D eigenvalue weighted by molar-refractivity contribution is 6.31. The number of nitrogens with zero attached hydrogens (tertiary/aromatic N) is 1. The topological polar surface area (TPSA) is 3.24 Å². The van der Waals surface area contributed by atoms with Gasteiger partial charge in [-0.1, -0.05) is 24.1 Å². The normalized spacial score (nSPS) is 18.2. The molecule has 2 rings (SSSR count). The Morgan fingerprint density at radius 2 is 1.89 bits per heavy atom. The highest BCUT2D eigenvalue weighted by Gasteiger charge is 2.16. The van der Waals surface area contributed by atoms with Gasteiger partial charge in [-0.15, -0.1) is 24.0 Å². The minimum Gasteiger partial charge on any atom is -0.302 e. The average Bonchev–Trinajstić information content (AvgIpc) is 2.34. The minimum absolute atomic E-state index is 0. The van der Waals surface area contributed by atoms with Crippen LogP contribution in [-0.2, 0) is 0 Å². The van der Waals surface area contributed by atoms with Crippen LogP contribution in [0.15, 0.2) is 18.2 Å². The van der Waals surface area contributed by atoms with Gasteiger partial charge in [-0.3, -0.25) is 0 Å². The Kier molecular flexibility index (Phi) is 6.72. The largest absolute Gasteiger partial charge is 0.302 e. The fraction of sp³-hybridized carbons (Fsp3) is 0.538. The van der Waals surface area contributed by atoms with Crippen LogP contribution in [0.5, 0.6) is 0 Å². The number of rotatable bonds is 3. The predicted octanol–water partition coefficient (Wildman–Crippen LogP) is 4.67. The minimum atomic E-state index is -0.391. The highest BCUT2D eigenvalue weighted by atomic mass is 35.5. The Hall–Kier alpha value is -0.0200. The van der Waals surface area contributed by atoms with Gasteiger partial charge in [-0.2, -0.15) is 0 Å². The third-order valence-corrected chi connectivity index (χ3v) is 3.85. The van der Waals surface area contributed by atoms with Crippen LogP contribution in [0.1, 0.15) is 30.2 Å². The van der Waals surface area contributed by atoms with Crippen molar-refractivity contribution in [1.82, 2.24) is 4.90 Å². The summed E-state index contributed by atoms with van der Waals surface area (Å²) in [6.07, 6.45) is 3.80. The molecule has 0 saturated carbocycles. The first kappa shape index (κ1) is 16.0. The van der Waals surface area contributed by atoms with E-state index in [0.717, 1.165) is 25.2 Å². The van der Waals surface area contributed by atoms with E-state index < -0.39 is 5.82 Å². The zero-order valence-corrected chi connectivity index (χ0v) is 12.4. The molecule has 1 aliphatic heterocycles. The maximum atomic E-state index is 13.0. The second-order valence-electron chi connectivity index (χ2n) is 4.50. The lowest BCUT2D eigenvalue weighted by molar-refractivity contribution is 0.229. The van der Waals surface area contributed by atoms with Crippen LogP contribution in [0.25, 0.3) is 0 Å². The Bertz CT molecular complexity index is 380. The fourth-order valence-corrected chi connectivity index (χ4v) is 2.70. The molecule has 0 bridgehead atoms. The zero-order valence-electron chi connectivity index (χ0n) is 10.0. The second-order valence-corrected chi connectivity index (χ2v) is 5.44. The Labute approximate surface area is 124 Å². The van der Waals surface area contributed by atoms with Gasteiger partial charge in [0.05, 0.1) is 10.4 Å². The lowest BCUT2D eigenvalue weighted by atomic mass is 10.1. The maximum absolute atomic E-state index is 13.0. The molecular weight excluding hydrogens is 296 g/mol. The molecule has 1 aromatic rings. The van der Waals surface area contributed by atoms with Gasteiger partial charge in [0.15, 0.2) is 0 Å². The van der Waals surface area contributed by atoms with E-state index in [-0.39, 0.29) is 22.8 Å². The van der Waals surface area contributed by atoms with Crippen LogP contribution in [0.2, 0.25) is 5.02 Å².